The minimum absolute atomic E-state index is 0.677. The van der Waals surface area contributed by atoms with Gasteiger partial charge < -0.3 is 4.57 Å². The third-order valence-corrected chi connectivity index (χ3v) is 2.58. The molecule has 0 N–H and O–H groups in total. The van der Waals surface area contributed by atoms with E-state index in [0.717, 1.165) is 12.2 Å². The Kier molecular flexibility index (Phi) is 2.55. The third kappa shape index (κ3) is 1.80. The van der Waals surface area contributed by atoms with Crippen molar-refractivity contribution in [3.63, 3.8) is 0 Å². The maximum atomic E-state index is 5.90. The standard InChI is InChI=1S/C11H11ClN2/c1-14-10(12)8-13-11(14)7-9-5-3-2-4-6-9/h2-6,8H,7H2,1H3. The first kappa shape index (κ1) is 9.28. The molecule has 1 aromatic carbocycles. The smallest absolute Gasteiger partial charge is 0.128 e. The monoisotopic (exact) mass is 206 g/mol. The number of benzene rings is 1. The van der Waals surface area contributed by atoms with E-state index in [4.69, 9.17) is 11.6 Å². The summed E-state index contributed by atoms with van der Waals surface area (Å²) in [6.45, 7) is 0. The van der Waals surface area contributed by atoms with Crippen molar-refractivity contribution in [2.24, 2.45) is 7.05 Å². The first-order valence-electron chi connectivity index (χ1n) is 4.47. The van der Waals surface area contributed by atoms with Crippen LogP contribution in [0.5, 0.6) is 0 Å². The zero-order valence-electron chi connectivity index (χ0n) is 7.94. The predicted molar refractivity (Wildman–Crippen MR) is 57.5 cm³/mol. The Labute approximate surface area is 88.2 Å². The van der Waals surface area contributed by atoms with Crippen LogP contribution in [0, 0.1) is 0 Å². The van der Waals surface area contributed by atoms with Gasteiger partial charge in [0, 0.05) is 13.5 Å². The molecule has 72 valence electrons. The summed E-state index contributed by atoms with van der Waals surface area (Å²) in [5, 5.41) is 0.677. The molecule has 1 heterocycles. The Morgan fingerprint density at radius 3 is 2.57 bits per heavy atom. The normalized spacial score (nSPS) is 10.4. The number of rotatable bonds is 2. The first-order chi connectivity index (χ1) is 6.77. The molecular formula is C11H11ClN2. The fraction of sp³-hybridized carbons (Fsp3) is 0.182. The van der Waals surface area contributed by atoms with Gasteiger partial charge >= 0.3 is 0 Å². The van der Waals surface area contributed by atoms with Crippen molar-refractivity contribution in [1.82, 2.24) is 9.55 Å². The maximum absolute atomic E-state index is 5.90. The van der Waals surface area contributed by atoms with Crippen LogP contribution in [0.4, 0.5) is 0 Å². The zero-order valence-corrected chi connectivity index (χ0v) is 8.70. The summed E-state index contributed by atoms with van der Waals surface area (Å²) in [6.07, 6.45) is 2.50. The largest absolute Gasteiger partial charge is 0.322 e. The van der Waals surface area contributed by atoms with Crippen LogP contribution in [0.25, 0.3) is 0 Å². The molecule has 1 aromatic heterocycles. The topological polar surface area (TPSA) is 17.8 Å². The summed E-state index contributed by atoms with van der Waals surface area (Å²) in [7, 11) is 1.92. The average Bonchev–Trinajstić information content (AvgIpc) is 2.52. The Morgan fingerprint density at radius 2 is 2.00 bits per heavy atom. The van der Waals surface area contributed by atoms with E-state index >= 15 is 0 Å². The number of imidazole rings is 1. The van der Waals surface area contributed by atoms with Crippen molar-refractivity contribution in [2.75, 3.05) is 0 Å². The zero-order chi connectivity index (χ0) is 9.97. The van der Waals surface area contributed by atoms with Crippen LogP contribution in [0.1, 0.15) is 11.4 Å². The van der Waals surface area contributed by atoms with E-state index in [1.165, 1.54) is 5.56 Å². The molecule has 0 aliphatic carbocycles. The lowest BCUT2D eigenvalue weighted by Gasteiger charge is -2.02. The number of aromatic nitrogens is 2. The molecule has 0 aliphatic heterocycles. The lowest BCUT2D eigenvalue weighted by atomic mass is 10.1. The van der Waals surface area contributed by atoms with E-state index in [1.54, 1.807) is 6.20 Å². The fourth-order valence-corrected chi connectivity index (χ4v) is 1.51. The Morgan fingerprint density at radius 1 is 1.29 bits per heavy atom. The molecule has 0 saturated carbocycles. The number of hydrogen-bond acceptors (Lipinski definition) is 1. The second-order valence-corrected chi connectivity index (χ2v) is 3.61. The van der Waals surface area contributed by atoms with Gasteiger partial charge in [-0.1, -0.05) is 41.9 Å². The van der Waals surface area contributed by atoms with Gasteiger partial charge in [0.1, 0.15) is 11.0 Å². The van der Waals surface area contributed by atoms with Crippen LogP contribution in [0.15, 0.2) is 36.5 Å². The van der Waals surface area contributed by atoms with Crippen molar-refractivity contribution in [1.29, 1.82) is 0 Å². The van der Waals surface area contributed by atoms with Gasteiger partial charge in [-0.25, -0.2) is 4.98 Å². The van der Waals surface area contributed by atoms with Crippen molar-refractivity contribution >= 4 is 11.6 Å². The molecule has 0 fully saturated rings. The number of halogens is 1. The molecule has 2 rings (SSSR count). The quantitative estimate of drug-likeness (QED) is 0.739. The van der Waals surface area contributed by atoms with E-state index in [0.29, 0.717) is 5.15 Å². The summed E-state index contributed by atoms with van der Waals surface area (Å²) in [6, 6.07) is 10.2. The van der Waals surface area contributed by atoms with Gasteiger partial charge in [-0.15, -0.1) is 0 Å². The van der Waals surface area contributed by atoms with E-state index in [2.05, 4.69) is 17.1 Å². The molecule has 0 unspecified atom stereocenters. The van der Waals surface area contributed by atoms with Gasteiger partial charge in [-0.2, -0.15) is 0 Å². The van der Waals surface area contributed by atoms with Gasteiger partial charge in [-0.05, 0) is 5.56 Å². The van der Waals surface area contributed by atoms with Crippen molar-refractivity contribution < 1.29 is 0 Å². The number of nitrogens with zero attached hydrogens (tertiary/aromatic N) is 2. The molecule has 2 aromatic rings. The average molecular weight is 207 g/mol. The predicted octanol–water partition coefficient (Wildman–Crippen LogP) is 2.66. The van der Waals surface area contributed by atoms with E-state index in [1.807, 2.05) is 29.8 Å². The van der Waals surface area contributed by atoms with Gasteiger partial charge in [0.25, 0.3) is 0 Å². The second kappa shape index (κ2) is 3.84. The van der Waals surface area contributed by atoms with Crippen LogP contribution >= 0.6 is 11.6 Å². The summed E-state index contributed by atoms with van der Waals surface area (Å²) >= 11 is 5.90. The second-order valence-electron chi connectivity index (χ2n) is 3.22. The minimum Gasteiger partial charge on any atom is -0.322 e. The summed E-state index contributed by atoms with van der Waals surface area (Å²) in [4.78, 5) is 4.24. The Balaban J connectivity index is 2.23. The number of hydrogen-bond donors (Lipinski definition) is 0. The summed E-state index contributed by atoms with van der Waals surface area (Å²) in [5.74, 6) is 0.987. The molecule has 14 heavy (non-hydrogen) atoms. The molecule has 2 nitrogen and oxygen atoms in total. The SMILES string of the molecule is Cn1c(Cl)cnc1Cc1ccccc1. The van der Waals surface area contributed by atoms with Crippen molar-refractivity contribution in [3.05, 3.63) is 53.1 Å². The Bertz CT molecular complexity index is 420. The summed E-state index contributed by atoms with van der Waals surface area (Å²) in [5.41, 5.74) is 1.25. The van der Waals surface area contributed by atoms with Crippen molar-refractivity contribution in [2.45, 2.75) is 6.42 Å². The van der Waals surface area contributed by atoms with Gasteiger partial charge in [0.2, 0.25) is 0 Å². The van der Waals surface area contributed by atoms with E-state index < -0.39 is 0 Å². The van der Waals surface area contributed by atoms with Gasteiger partial charge in [0.15, 0.2) is 0 Å². The van der Waals surface area contributed by atoms with Crippen LogP contribution in [0.3, 0.4) is 0 Å². The highest BCUT2D eigenvalue weighted by atomic mass is 35.5. The third-order valence-electron chi connectivity index (χ3n) is 2.23. The summed E-state index contributed by atoms with van der Waals surface area (Å²) < 4.78 is 1.90. The highest BCUT2D eigenvalue weighted by Gasteiger charge is 2.04. The Hall–Kier alpha value is -1.28. The molecule has 0 bridgehead atoms. The van der Waals surface area contributed by atoms with Crippen LogP contribution in [0.2, 0.25) is 5.15 Å². The molecule has 0 atom stereocenters. The molecule has 0 saturated heterocycles. The first-order valence-corrected chi connectivity index (χ1v) is 4.85. The molecule has 0 amide bonds. The molecule has 0 aliphatic rings. The molecule has 3 heteroatoms. The van der Waals surface area contributed by atoms with E-state index in [9.17, 15) is 0 Å². The molecular weight excluding hydrogens is 196 g/mol. The van der Waals surface area contributed by atoms with Crippen LogP contribution < -0.4 is 0 Å². The lowest BCUT2D eigenvalue weighted by Crippen LogP contribution is -1.98. The van der Waals surface area contributed by atoms with Gasteiger partial charge in [-0.3, -0.25) is 0 Å². The lowest BCUT2D eigenvalue weighted by molar-refractivity contribution is 0.822. The highest BCUT2D eigenvalue weighted by molar-refractivity contribution is 6.29. The van der Waals surface area contributed by atoms with Crippen molar-refractivity contribution in [3.8, 4) is 0 Å². The van der Waals surface area contributed by atoms with Gasteiger partial charge in [0.05, 0.1) is 6.20 Å². The van der Waals surface area contributed by atoms with Crippen LogP contribution in [-0.2, 0) is 13.5 Å². The molecule has 0 spiro atoms. The van der Waals surface area contributed by atoms with E-state index in [-0.39, 0.29) is 0 Å². The highest BCUT2D eigenvalue weighted by Crippen LogP contribution is 2.12. The van der Waals surface area contributed by atoms with Crippen LogP contribution in [-0.4, -0.2) is 9.55 Å². The fourth-order valence-electron chi connectivity index (χ4n) is 1.37. The minimum atomic E-state index is 0.677. The maximum Gasteiger partial charge on any atom is 0.128 e. The molecule has 0 radical (unpaired) electrons.